The van der Waals surface area contributed by atoms with Gasteiger partial charge >= 0.3 is 18.2 Å². The quantitative estimate of drug-likeness (QED) is 0.604. The van der Waals surface area contributed by atoms with E-state index in [4.69, 9.17) is 9.84 Å². The zero-order valence-electron chi connectivity index (χ0n) is 16.5. The molecule has 0 aromatic heterocycles. The van der Waals surface area contributed by atoms with E-state index in [2.05, 4.69) is 10.6 Å². The number of nitrogens with one attached hydrogen (secondary N) is 2. The number of ether oxygens (including phenoxy) is 1. The average Bonchev–Trinajstić information content (AvgIpc) is 2.46. The number of carboxylic acid groups (broad SMARTS) is 1. The number of alkyl carbamates (subject to hydrolysis) is 1. The molecule has 1 aliphatic carbocycles. The Morgan fingerprint density at radius 1 is 1.21 bits per heavy atom. The number of aromatic carboxylic acids is 1. The van der Waals surface area contributed by atoms with Gasteiger partial charge in [-0.1, -0.05) is 0 Å². The predicted octanol–water partition coefficient (Wildman–Crippen LogP) is 4.65. The van der Waals surface area contributed by atoms with Gasteiger partial charge in [-0.2, -0.15) is 13.2 Å². The molecule has 10 heteroatoms. The van der Waals surface area contributed by atoms with Crippen molar-refractivity contribution in [2.45, 2.75) is 64.4 Å². The van der Waals surface area contributed by atoms with Crippen molar-refractivity contribution in [3.8, 4) is 0 Å². The number of alkyl halides is 3. The summed E-state index contributed by atoms with van der Waals surface area (Å²) >= 11 is 0. The van der Waals surface area contributed by atoms with Crippen LogP contribution in [0.4, 0.5) is 28.0 Å². The number of carbonyl (C=O) groups is 2. The molecule has 162 valence electrons. The van der Waals surface area contributed by atoms with E-state index in [1.54, 1.807) is 27.7 Å². The van der Waals surface area contributed by atoms with Gasteiger partial charge in [-0.3, -0.25) is 0 Å². The van der Waals surface area contributed by atoms with Gasteiger partial charge in [-0.05, 0) is 58.6 Å². The molecule has 6 nitrogen and oxygen atoms in total. The minimum Gasteiger partial charge on any atom is -0.478 e. The Kier molecular flexibility index (Phi) is 6.34. The standard InChI is InChI=1S/C19H24F4N2O4/c1-9(10-5-12(6-10)25-17(28)29-18(2,3)4)24-14-8-11(16(26)27)7-13(20)15(14)19(21,22)23/h7-10,12,24H,5-6H2,1-4H3,(H,25,28)(H,26,27)/t9-,10?,12?/m0/s1. The lowest BCUT2D eigenvalue weighted by atomic mass is 9.76. The Hall–Kier alpha value is -2.52. The first-order chi connectivity index (χ1) is 13.2. The molecule has 1 aromatic rings. The summed E-state index contributed by atoms with van der Waals surface area (Å²) in [5, 5.41) is 14.3. The van der Waals surface area contributed by atoms with E-state index in [0.717, 1.165) is 6.07 Å². The van der Waals surface area contributed by atoms with Crippen LogP contribution in [0.25, 0.3) is 0 Å². The fraction of sp³-hybridized carbons (Fsp3) is 0.579. The molecule has 0 heterocycles. The highest BCUT2D eigenvalue weighted by Crippen LogP contribution is 2.39. The smallest absolute Gasteiger partial charge is 0.421 e. The first-order valence-corrected chi connectivity index (χ1v) is 9.07. The van der Waals surface area contributed by atoms with Crippen molar-refractivity contribution >= 4 is 17.7 Å². The maximum Gasteiger partial charge on any atom is 0.421 e. The average molecular weight is 420 g/mol. The number of hydrogen-bond acceptors (Lipinski definition) is 4. The zero-order chi connectivity index (χ0) is 22.1. The monoisotopic (exact) mass is 420 g/mol. The van der Waals surface area contributed by atoms with Crippen molar-refractivity contribution in [3.05, 3.63) is 29.1 Å². The number of benzene rings is 1. The van der Waals surface area contributed by atoms with E-state index in [1.807, 2.05) is 0 Å². The molecule has 29 heavy (non-hydrogen) atoms. The fourth-order valence-corrected chi connectivity index (χ4v) is 3.16. The lowest BCUT2D eigenvalue weighted by molar-refractivity contribution is -0.139. The normalized spacial score (nSPS) is 20.4. The van der Waals surface area contributed by atoms with Crippen LogP contribution in [-0.2, 0) is 10.9 Å². The Labute approximate surface area is 165 Å². The van der Waals surface area contributed by atoms with Gasteiger partial charge in [0.1, 0.15) is 17.0 Å². The molecule has 0 bridgehead atoms. The molecule has 3 N–H and O–H groups in total. The predicted molar refractivity (Wildman–Crippen MR) is 97.3 cm³/mol. The molecule has 1 amide bonds. The zero-order valence-corrected chi connectivity index (χ0v) is 16.5. The van der Waals surface area contributed by atoms with E-state index in [-0.39, 0.29) is 12.0 Å². The summed E-state index contributed by atoms with van der Waals surface area (Å²) < 4.78 is 58.8. The number of anilines is 1. The van der Waals surface area contributed by atoms with E-state index in [0.29, 0.717) is 18.9 Å². The van der Waals surface area contributed by atoms with Crippen LogP contribution in [0.5, 0.6) is 0 Å². The second-order valence-electron chi connectivity index (χ2n) is 8.19. The van der Waals surface area contributed by atoms with Gasteiger partial charge < -0.3 is 20.5 Å². The summed E-state index contributed by atoms with van der Waals surface area (Å²) in [5.74, 6) is -3.27. The highest BCUT2D eigenvalue weighted by atomic mass is 19.4. The van der Waals surface area contributed by atoms with Crippen LogP contribution in [-0.4, -0.2) is 34.9 Å². The number of rotatable bonds is 5. The fourth-order valence-electron chi connectivity index (χ4n) is 3.16. The molecule has 2 rings (SSSR count). The van der Waals surface area contributed by atoms with Crippen LogP contribution in [0, 0.1) is 11.7 Å². The third-order valence-electron chi connectivity index (χ3n) is 4.61. The van der Waals surface area contributed by atoms with Crippen LogP contribution in [0.2, 0.25) is 0 Å². The summed E-state index contributed by atoms with van der Waals surface area (Å²) in [7, 11) is 0. The lowest BCUT2D eigenvalue weighted by Gasteiger charge is -2.40. The Morgan fingerprint density at radius 2 is 1.79 bits per heavy atom. The van der Waals surface area contributed by atoms with Crippen molar-refractivity contribution in [1.82, 2.24) is 5.32 Å². The molecule has 1 atom stereocenters. The number of halogens is 4. The minimum atomic E-state index is -4.98. The van der Waals surface area contributed by atoms with Crippen molar-refractivity contribution < 1.29 is 37.0 Å². The largest absolute Gasteiger partial charge is 0.478 e. The van der Waals surface area contributed by atoms with E-state index in [9.17, 15) is 27.2 Å². The third-order valence-corrected chi connectivity index (χ3v) is 4.61. The molecular formula is C19H24F4N2O4. The van der Waals surface area contributed by atoms with Gasteiger partial charge in [0.2, 0.25) is 0 Å². The summed E-state index contributed by atoms with van der Waals surface area (Å²) in [6, 6.07) is 0.449. The van der Waals surface area contributed by atoms with Gasteiger partial charge in [0.25, 0.3) is 0 Å². The van der Waals surface area contributed by atoms with Gasteiger partial charge in [0, 0.05) is 12.1 Å². The van der Waals surface area contributed by atoms with Crippen LogP contribution in [0.15, 0.2) is 12.1 Å². The van der Waals surface area contributed by atoms with Crippen molar-refractivity contribution in [1.29, 1.82) is 0 Å². The van der Waals surface area contributed by atoms with Gasteiger partial charge in [-0.15, -0.1) is 0 Å². The molecule has 0 aliphatic heterocycles. The molecule has 1 aliphatic rings. The van der Waals surface area contributed by atoms with Crippen molar-refractivity contribution in [2.75, 3.05) is 5.32 Å². The van der Waals surface area contributed by atoms with Gasteiger partial charge in [0.05, 0.1) is 11.3 Å². The molecule has 1 aromatic carbocycles. The summed E-state index contributed by atoms with van der Waals surface area (Å²) in [6.07, 6.45) is -4.56. The van der Waals surface area contributed by atoms with E-state index < -0.39 is 52.5 Å². The molecule has 0 saturated heterocycles. The molecule has 0 radical (unpaired) electrons. The summed E-state index contributed by atoms with van der Waals surface area (Å²) in [5.41, 5.74) is -3.37. The molecule has 1 fully saturated rings. The molecule has 0 spiro atoms. The van der Waals surface area contributed by atoms with Crippen molar-refractivity contribution in [3.63, 3.8) is 0 Å². The first-order valence-electron chi connectivity index (χ1n) is 9.07. The summed E-state index contributed by atoms with van der Waals surface area (Å²) in [6.45, 7) is 6.81. The van der Waals surface area contributed by atoms with Gasteiger partial charge in [0.15, 0.2) is 0 Å². The Bertz CT molecular complexity index is 784. The number of carboxylic acids is 1. The lowest BCUT2D eigenvalue weighted by Crippen LogP contribution is -2.50. The van der Waals surface area contributed by atoms with Crippen LogP contribution < -0.4 is 10.6 Å². The number of carbonyl (C=O) groups excluding carboxylic acids is 1. The highest BCUT2D eigenvalue weighted by molar-refractivity contribution is 5.89. The third kappa shape index (κ3) is 5.98. The molecule has 0 unspecified atom stereocenters. The Balaban J connectivity index is 2.05. The minimum absolute atomic E-state index is 0.0902. The van der Waals surface area contributed by atoms with Crippen LogP contribution >= 0.6 is 0 Å². The molecule has 1 saturated carbocycles. The number of hydrogen-bond donors (Lipinski definition) is 3. The topological polar surface area (TPSA) is 87.7 Å². The van der Waals surface area contributed by atoms with Crippen LogP contribution in [0.3, 0.4) is 0 Å². The first kappa shape index (κ1) is 22.8. The number of amides is 1. The van der Waals surface area contributed by atoms with Gasteiger partial charge in [-0.25, -0.2) is 14.0 Å². The SMILES string of the molecule is C[C@H](Nc1cc(C(=O)O)cc(F)c1C(F)(F)F)C1CC(NC(=O)OC(C)(C)C)C1. The van der Waals surface area contributed by atoms with Crippen molar-refractivity contribution in [2.24, 2.45) is 5.92 Å². The van der Waals surface area contributed by atoms with E-state index >= 15 is 0 Å². The molecular weight excluding hydrogens is 396 g/mol. The second-order valence-corrected chi connectivity index (χ2v) is 8.19. The maximum absolute atomic E-state index is 14.0. The summed E-state index contributed by atoms with van der Waals surface area (Å²) in [4.78, 5) is 22.8. The Morgan fingerprint density at radius 3 is 2.28 bits per heavy atom. The highest BCUT2D eigenvalue weighted by Gasteiger charge is 2.40. The van der Waals surface area contributed by atoms with E-state index in [1.165, 1.54) is 0 Å². The maximum atomic E-state index is 14.0. The van der Waals surface area contributed by atoms with Crippen LogP contribution in [0.1, 0.15) is 56.5 Å². The second kappa shape index (κ2) is 8.08.